The average molecular weight is 354 g/mol. The molecule has 0 radical (unpaired) electrons. The second-order valence-electron chi connectivity index (χ2n) is 6.09. The van der Waals surface area contributed by atoms with Gasteiger partial charge in [0.1, 0.15) is 5.69 Å². The smallest absolute Gasteiger partial charge is 0.211 e. The number of carbonyl (C=O) groups is 1. The topological polar surface area (TPSA) is 75.7 Å². The van der Waals surface area contributed by atoms with Gasteiger partial charge >= 0.3 is 0 Å². The van der Waals surface area contributed by atoms with E-state index in [9.17, 15) is 4.79 Å². The molecule has 26 heavy (non-hydrogen) atoms. The molecular formula is C20H22N2O4. The van der Waals surface area contributed by atoms with Crippen LogP contribution in [0.25, 0.3) is 10.9 Å². The van der Waals surface area contributed by atoms with E-state index in [1.807, 2.05) is 36.7 Å². The molecule has 6 nitrogen and oxygen atoms in total. The molecule has 0 unspecified atom stereocenters. The van der Waals surface area contributed by atoms with Crippen LogP contribution >= 0.6 is 0 Å². The molecule has 0 amide bonds. The molecule has 3 aromatic rings. The van der Waals surface area contributed by atoms with Gasteiger partial charge in [0.2, 0.25) is 11.5 Å². The highest BCUT2D eigenvalue weighted by Gasteiger charge is 2.23. The van der Waals surface area contributed by atoms with Crippen LogP contribution in [0.1, 0.15) is 21.6 Å². The van der Waals surface area contributed by atoms with Crippen LogP contribution in [0.4, 0.5) is 5.69 Å². The van der Waals surface area contributed by atoms with Gasteiger partial charge in [0.25, 0.3) is 0 Å². The molecule has 1 heterocycles. The first-order valence-electron chi connectivity index (χ1n) is 8.12. The third kappa shape index (κ3) is 2.63. The van der Waals surface area contributed by atoms with Gasteiger partial charge in [-0.15, -0.1) is 0 Å². The first-order valence-corrected chi connectivity index (χ1v) is 8.12. The van der Waals surface area contributed by atoms with E-state index in [2.05, 4.69) is 0 Å². The second kappa shape index (κ2) is 6.63. The molecule has 136 valence electrons. The normalized spacial score (nSPS) is 10.8. The summed E-state index contributed by atoms with van der Waals surface area (Å²) in [5.41, 5.74) is 9.61. The van der Waals surface area contributed by atoms with E-state index in [1.54, 1.807) is 12.1 Å². The number of rotatable bonds is 5. The van der Waals surface area contributed by atoms with Crippen molar-refractivity contribution in [2.75, 3.05) is 27.1 Å². The monoisotopic (exact) mass is 354 g/mol. The molecule has 0 aliphatic heterocycles. The van der Waals surface area contributed by atoms with Crippen LogP contribution in [0.2, 0.25) is 0 Å². The molecule has 1 aromatic heterocycles. The van der Waals surface area contributed by atoms with Crippen LogP contribution in [0, 0.1) is 6.92 Å². The molecule has 0 atom stereocenters. The van der Waals surface area contributed by atoms with Crippen molar-refractivity contribution in [3.8, 4) is 17.2 Å². The van der Waals surface area contributed by atoms with Gasteiger partial charge in [-0.05, 0) is 30.7 Å². The van der Waals surface area contributed by atoms with Gasteiger partial charge in [-0.25, -0.2) is 0 Å². The fourth-order valence-corrected chi connectivity index (χ4v) is 3.20. The predicted molar refractivity (Wildman–Crippen MR) is 102 cm³/mol. The first kappa shape index (κ1) is 17.7. The number of nitrogens with two attached hydrogens (primary N) is 1. The van der Waals surface area contributed by atoms with Gasteiger partial charge < -0.3 is 24.5 Å². The number of aryl methyl sites for hydroxylation is 2. The minimum Gasteiger partial charge on any atom is -0.493 e. The summed E-state index contributed by atoms with van der Waals surface area (Å²) in [6.45, 7) is 2.00. The van der Waals surface area contributed by atoms with Crippen molar-refractivity contribution >= 4 is 22.4 Å². The van der Waals surface area contributed by atoms with E-state index in [0.29, 0.717) is 34.2 Å². The molecule has 0 spiro atoms. The van der Waals surface area contributed by atoms with Crippen molar-refractivity contribution in [3.63, 3.8) is 0 Å². The van der Waals surface area contributed by atoms with E-state index < -0.39 is 0 Å². The molecule has 0 saturated carbocycles. The number of anilines is 1. The summed E-state index contributed by atoms with van der Waals surface area (Å²) < 4.78 is 17.8. The standard InChI is InChI=1S/C20H22N2O4/c1-11-6-7-13-14(8-11)22(2)18(17(13)21)19(23)12-9-15(24-3)20(26-5)16(10-12)25-4/h6-10H,21H2,1-5H3. The van der Waals surface area contributed by atoms with E-state index in [0.717, 1.165) is 16.5 Å². The number of carbonyl (C=O) groups excluding carboxylic acids is 1. The maximum atomic E-state index is 13.2. The molecule has 0 bridgehead atoms. The van der Waals surface area contributed by atoms with E-state index in [4.69, 9.17) is 19.9 Å². The number of aromatic nitrogens is 1. The van der Waals surface area contributed by atoms with Crippen molar-refractivity contribution < 1.29 is 19.0 Å². The maximum Gasteiger partial charge on any atom is 0.211 e. The fraction of sp³-hybridized carbons (Fsp3) is 0.250. The number of hydrogen-bond donors (Lipinski definition) is 1. The molecule has 0 aliphatic rings. The van der Waals surface area contributed by atoms with Crippen molar-refractivity contribution in [1.82, 2.24) is 4.57 Å². The zero-order valence-corrected chi connectivity index (χ0v) is 15.5. The number of ether oxygens (including phenoxy) is 3. The lowest BCUT2D eigenvalue weighted by Gasteiger charge is -2.14. The van der Waals surface area contributed by atoms with Gasteiger partial charge in [0.05, 0.1) is 32.5 Å². The van der Waals surface area contributed by atoms with Crippen LogP contribution in [0.3, 0.4) is 0 Å². The minimum absolute atomic E-state index is 0.210. The highest BCUT2D eigenvalue weighted by molar-refractivity contribution is 6.16. The number of hydrogen-bond acceptors (Lipinski definition) is 5. The minimum atomic E-state index is -0.210. The summed E-state index contributed by atoms with van der Waals surface area (Å²) in [5, 5.41) is 0.855. The van der Waals surface area contributed by atoms with Gasteiger partial charge in [-0.3, -0.25) is 4.79 Å². The molecular weight excluding hydrogens is 332 g/mol. The molecule has 0 saturated heterocycles. The molecule has 0 aliphatic carbocycles. The predicted octanol–water partition coefficient (Wildman–Crippen LogP) is 3.33. The lowest BCUT2D eigenvalue weighted by atomic mass is 10.1. The molecule has 0 fully saturated rings. The summed E-state index contributed by atoms with van der Waals surface area (Å²) in [4.78, 5) is 13.2. The SMILES string of the molecule is COc1cc(C(=O)c2c(N)c3ccc(C)cc3n2C)cc(OC)c1OC. The molecule has 6 heteroatoms. The summed E-state index contributed by atoms with van der Waals surface area (Å²) >= 11 is 0. The van der Waals surface area contributed by atoms with Crippen LogP contribution in [0.15, 0.2) is 30.3 Å². The van der Waals surface area contributed by atoms with Gasteiger partial charge in [-0.2, -0.15) is 0 Å². The number of benzene rings is 2. The largest absolute Gasteiger partial charge is 0.493 e. The lowest BCUT2D eigenvalue weighted by Crippen LogP contribution is -2.10. The third-order valence-electron chi connectivity index (χ3n) is 4.54. The van der Waals surface area contributed by atoms with Crippen LogP contribution < -0.4 is 19.9 Å². The Kier molecular flexibility index (Phi) is 4.50. The fourth-order valence-electron chi connectivity index (χ4n) is 3.20. The Bertz CT molecular complexity index is 980. The lowest BCUT2D eigenvalue weighted by molar-refractivity contribution is 0.103. The highest BCUT2D eigenvalue weighted by Crippen LogP contribution is 2.39. The van der Waals surface area contributed by atoms with E-state index >= 15 is 0 Å². The van der Waals surface area contributed by atoms with Crippen LogP contribution in [-0.2, 0) is 7.05 Å². The Balaban J connectivity index is 2.20. The zero-order valence-electron chi connectivity index (χ0n) is 15.5. The maximum absolute atomic E-state index is 13.2. The Labute approximate surface area is 152 Å². The molecule has 2 aromatic carbocycles. The summed E-state index contributed by atoms with van der Waals surface area (Å²) in [7, 11) is 6.38. The highest BCUT2D eigenvalue weighted by atomic mass is 16.5. The van der Waals surface area contributed by atoms with E-state index in [1.165, 1.54) is 21.3 Å². The van der Waals surface area contributed by atoms with Crippen molar-refractivity contribution in [2.24, 2.45) is 7.05 Å². The number of ketones is 1. The van der Waals surface area contributed by atoms with Gasteiger partial charge in [-0.1, -0.05) is 12.1 Å². The average Bonchev–Trinajstić information content (AvgIpc) is 2.89. The summed E-state index contributed by atoms with van der Waals surface area (Å²) in [6, 6.07) is 9.19. The first-order chi connectivity index (χ1) is 12.4. The van der Waals surface area contributed by atoms with Crippen molar-refractivity contribution in [1.29, 1.82) is 0 Å². The summed E-state index contributed by atoms with van der Waals surface area (Å²) in [6.07, 6.45) is 0. The summed E-state index contributed by atoms with van der Waals surface area (Å²) in [5.74, 6) is 1.07. The number of nitrogen functional groups attached to an aromatic ring is 1. The second-order valence-corrected chi connectivity index (χ2v) is 6.09. The van der Waals surface area contributed by atoms with E-state index in [-0.39, 0.29) is 5.78 Å². The Morgan fingerprint density at radius 1 is 1.00 bits per heavy atom. The van der Waals surface area contributed by atoms with Crippen molar-refractivity contribution in [3.05, 3.63) is 47.2 Å². The van der Waals surface area contributed by atoms with Crippen molar-refractivity contribution in [2.45, 2.75) is 6.92 Å². The zero-order chi connectivity index (χ0) is 19.0. The van der Waals surface area contributed by atoms with Gasteiger partial charge in [0.15, 0.2) is 11.5 Å². The molecule has 3 rings (SSSR count). The molecule has 2 N–H and O–H groups in total. The third-order valence-corrected chi connectivity index (χ3v) is 4.54. The van der Waals surface area contributed by atoms with Gasteiger partial charge in [0, 0.05) is 18.0 Å². The number of methoxy groups -OCH3 is 3. The van der Waals surface area contributed by atoms with Crippen LogP contribution in [0.5, 0.6) is 17.2 Å². The quantitative estimate of drug-likeness (QED) is 0.711. The number of fused-ring (bicyclic) bond motifs is 1. The Morgan fingerprint density at radius 2 is 1.62 bits per heavy atom. The number of nitrogens with zero attached hydrogens (tertiary/aromatic N) is 1. The van der Waals surface area contributed by atoms with Crippen LogP contribution in [-0.4, -0.2) is 31.7 Å². The Hall–Kier alpha value is -3.15. The Morgan fingerprint density at radius 3 is 2.15 bits per heavy atom.